The predicted octanol–water partition coefficient (Wildman–Crippen LogP) is 1.31. The summed E-state index contributed by atoms with van der Waals surface area (Å²) in [6, 6.07) is 1.77. The molecule has 0 aromatic carbocycles. The lowest BCUT2D eigenvalue weighted by Crippen LogP contribution is -2.26. The Morgan fingerprint density at radius 1 is 1.50 bits per heavy atom. The molecule has 1 fully saturated rings. The molecule has 0 N–H and O–H groups in total. The number of rotatable bonds is 3. The SMILES string of the molecule is CCOc1cc(C)nc(N2CCCC2=O)n1. The van der Waals surface area contributed by atoms with E-state index in [1.165, 1.54) is 0 Å². The molecule has 1 aromatic heterocycles. The Balaban J connectivity index is 2.29. The Morgan fingerprint density at radius 2 is 2.31 bits per heavy atom. The largest absolute Gasteiger partial charge is 0.478 e. The highest BCUT2D eigenvalue weighted by molar-refractivity contribution is 5.93. The Morgan fingerprint density at radius 3 is 2.94 bits per heavy atom. The van der Waals surface area contributed by atoms with Gasteiger partial charge in [-0.2, -0.15) is 4.98 Å². The average Bonchev–Trinajstić information content (AvgIpc) is 2.64. The molecule has 0 unspecified atom stereocenters. The first kappa shape index (κ1) is 10.9. The van der Waals surface area contributed by atoms with Gasteiger partial charge in [-0.15, -0.1) is 0 Å². The van der Waals surface area contributed by atoms with Crippen LogP contribution in [0.15, 0.2) is 6.07 Å². The van der Waals surface area contributed by atoms with Gasteiger partial charge in [0.1, 0.15) is 0 Å². The topological polar surface area (TPSA) is 55.3 Å². The molecule has 2 heterocycles. The van der Waals surface area contributed by atoms with Gasteiger partial charge in [-0.05, 0) is 20.3 Å². The lowest BCUT2D eigenvalue weighted by Gasteiger charge is -2.14. The summed E-state index contributed by atoms with van der Waals surface area (Å²) in [7, 11) is 0. The van der Waals surface area contributed by atoms with E-state index in [4.69, 9.17) is 4.74 Å². The molecule has 0 bridgehead atoms. The van der Waals surface area contributed by atoms with E-state index >= 15 is 0 Å². The summed E-state index contributed by atoms with van der Waals surface area (Å²) in [6.07, 6.45) is 1.46. The van der Waals surface area contributed by atoms with E-state index < -0.39 is 0 Å². The molecule has 1 aliphatic heterocycles. The number of amides is 1. The van der Waals surface area contributed by atoms with Gasteiger partial charge in [0.25, 0.3) is 0 Å². The van der Waals surface area contributed by atoms with Gasteiger partial charge in [0, 0.05) is 24.7 Å². The number of aryl methyl sites for hydroxylation is 1. The van der Waals surface area contributed by atoms with Crippen molar-refractivity contribution in [3.05, 3.63) is 11.8 Å². The molecule has 1 saturated heterocycles. The molecule has 1 aliphatic rings. The third-order valence-electron chi connectivity index (χ3n) is 2.43. The second kappa shape index (κ2) is 4.47. The van der Waals surface area contributed by atoms with Gasteiger partial charge in [-0.1, -0.05) is 0 Å². The molecule has 0 saturated carbocycles. The minimum atomic E-state index is 0.0908. The maximum Gasteiger partial charge on any atom is 0.235 e. The zero-order chi connectivity index (χ0) is 11.5. The molecular formula is C11H15N3O2. The molecular weight excluding hydrogens is 206 g/mol. The maximum atomic E-state index is 11.6. The number of ether oxygens (including phenoxy) is 1. The van der Waals surface area contributed by atoms with Crippen molar-refractivity contribution in [3.63, 3.8) is 0 Å². The second-order valence-electron chi connectivity index (χ2n) is 3.73. The van der Waals surface area contributed by atoms with Crippen LogP contribution in [-0.2, 0) is 4.79 Å². The fourth-order valence-electron chi connectivity index (χ4n) is 1.73. The number of aromatic nitrogens is 2. The Bertz CT molecular complexity index is 406. The van der Waals surface area contributed by atoms with Crippen molar-refractivity contribution in [2.24, 2.45) is 0 Å². The number of carbonyl (C=O) groups is 1. The summed E-state index contributed by atoms with van der Waals surface area (Å²) in [5, 5.41) is 0. The van der Waals surface area contributed by atoms with Crippen LogP contribution in [0.3, 0.4) is 0 Å². The van der Waals surface area contributed by atoms with E-state index in [9.17, 15) is 4.79 Å². The van der Waals surface area contributed by atoms with Crippen LogP contribution in [0.1, 0.15) is 25.5 Å². The van der Waals surface area contributed by atoms with E-state index in [0.717, 1.165) is 12.1 Å². The van der Waals surface area contributed by atoms with Gasteiger partial charge in [-0.25, -0.2) is 4.98 Å². The third-order valence-corrected chi connectivity index (χ3v) is 2.43. The van der Waals surface area contributed by atoms with E-state index in [-0.39, 0.29) is 5.91 Å². The highest BCUT2D eigenvalue weighted by Gasteiger charge is 2.24. The van der Waals surface area contributed by atoms with Gasteiger partial charge < -0.3 is 4.74 Å². The van der Waals surface area contributed by atoms with E-state index in [1.54, 1.807) is 11.0 Å². The quantitative estimate of drug-likeness (QED) is 0.772. The molecule has 16 heavy (non-hydrogen) atoms. The van der Waals surface area contributed by atoms with Crippen LogP contribution in [-0.4, -0.2) is 29.0 Å². The van der Waals surface area contributed by atoms with Crippen LogP contribution >= 0.6 is 0 Å². The summed E-state index contributed by atoms with van der Waals surface area (Å²) < 4.78 is 5.33. The van der Waals surface area contributed by atoms with Gasteiger partial charge in [0.05, 0.1) is 6.61 Å². The van der Waals surface area contributed by atoms with Gasteiger partial charge in [-0.3, -0.25) is 9.69 Å². The predicted molar refractivity (Wildman–Crippen MR) is 59.5 cm³/mol. The highest BCUT2D eigenvalue weighted by Crippen LogP contribution is 2.20. The standard InChI is InChI=1S/C11H15N3O2/c1-3-16-9-7-8(2)12-11(13-9)14-6-4-5-10(14)15/h7H,3-6H2,1-2H3. The Hall–Kier alpha value is -1.65. The molecule has 0 atom stereocenters. The van der Waals surface area contributed by atoms with E-state index in [1.807, 2.05) is 13.8 Å². The Labute approximate surface area is 94.5 Å². The minimum absolute atomic E-state index is 0.0908. The lowest BCUT2D eigenvalue weighted by atomic mass is 10.4. The highest BCUT2D eigenvalue weighted by atomic mass is 16.5. The normalized spacial score (nSPS) is 15.6. The van der Waals surface area contributed by atoms with Crippen LogP contribution in [0.4, 0.5) is 5.95 Å². The number of hydrogen-bond donors (Lipinski definition) is 0. The van der Waals surface area contributed by atoms with Crippen molar-refractivity contribution >= 4 is 11.9 Å². The van der Waals surface area contributed by atoms with Crippen LogP contribution < -0.4 is 9.64 Å². The molecule has 0 aliphatic carbocycles. The van der Waals surface area contributed by atoms with Crippen LogP contribution in [0, 0.1) is 6.92 Å². The minimum Gasteiger partial charge on any atom is -0.478 e. The van der Waals surface area contributed by atoms with Crippen LogP contribution in [0.25, 0.3) is 0 Å². The van der Waals surface area contributed by atoms with Crippen molar-refractivity contribution in [1.29, 1.82) is 0 Å². The number of carbonyl (C=O) groups excluding carboxylic acids is 1. The fraction of sp³-hybridized carbons (Fsp3) is 0.545. The second-order valence-corrected chi connectivity index (χ2v) is 3.73. The lowest BCUT2D eigenvalue weighted by molar-refractivity contribution is -0.117. The first-order chi connectivity index (χ1) is 7.70. The van der Waals surface area contributed by atoms with Gasteiger partial charge >= 0.3 is 0 Å². The Kier molecular flexibility index (Phi) is 3.03. The number of hydrogen-bond acceptors (Lipinski definition) is 4. The molecule has 1 aromatic rings. The van der Waals surface area contributed by atoms with Crippen molar-refractivity contribution in [2.45, 2.75) is 26.7 Å². The van der Waals surface area contributed by atoms with Crippen LogP contribution in [0.2, 0.25) is 0 Å². The summed E-state index contributed by atoms with van der Waals surface area (Å²) >= 11 is 0. The summed E-state index contributed by atoms with van der Waals surface area (Å²) in [6.45, 7) is 5.03. The average molecular weight is 221 g/mol. The third kappa shape index (κ3) is 2.13. The molecule has 0 spiro atoms. The summed E-state index contributed by atoms with van der Waals surface area (Å²) in [5.41, 5.74) is 0.813. The molecule has 0 radical (unpaired) electrons. The van der Waals surface area contributed by atoms with Crippen molar-refractivity contribution in [1.82, 2.24) is 9.97 Å². The number of anilines is 1. The first-order valence-corrected chi connectivity index (χ1v) is 5.49. The fourth-order valence-corrected chi connectivity index (χ4v) is 1.73. The summed E-state index contributed by atoms with van der Waals surface area (Å²) in [5.74, 6) is 1.09. The molecule has 5 heteroatoms. The van der Waals surface area contributed by atoms with Gasteiger partial charge in [0.2, 0.25) is 17.7 Å². The van der Waals surface area contributed by atoms with Crippen molar-refractivity contribution < 1.29 is 9.53 Å². The zero-order valence-electron chi connectivity index (χ0n) is 9.56. The van der Waals surface area contributed by atoms with Gasteiger partial charge in [0.15, 0.2) is 0 Å². The molecule has 86 valence electrons. The maximum absolute atomic E-state index is 11.6. The number of nitrogens with zero attached hydrogens (tertiary/aromatic N) is 3. The first-order valence-electron chi connectivity index (χ1n) is 5.49. The van der Waals surface area contributed by atoms with Crippen molar-refractivity contribution in [2.75, 3.05) is 18.1 Å². The van der Waals surface area contributed by atoms with E-state index in [0.29, 0.717) is 31.4 Å². The monoisotopic (exact) mass is 221 g/mol. The molecule has 5 nitrogen and oxygen atoms in total. The molecule has 1 amide bonds. The van der Waals surface area contributed by atoms with E-state index in [2.05, 4.69) is 9.97 Å². The zero-order valence-corrected chi connectivity index (χ0v) is 9.56. The van der Waals surface area contributed by atoms with Crippen molar-refractivity contribution in [3.8, 4) is 5.88 Å². The van der Waals surface area contributed by atoms with Crippen LogP contribution in [0.5, 0.6) is 5.88 Å². The molecule has 2 rings (SSSR count). The smallest absolute Gasteiger partial charge is 0.235 e. The summed E-state index contributed by atoms with van der Waals surface area (Å²) in [4.78, 5) is 21.7.